The van der Waals surface area contributed by atoms with Crippen molar-refractivity contribution in [3.8, 4) is 5.69 Å². The molecule has 3 rings (SSSR count). The molecular weight excluding hydrogens is 350 g/mol. The molecule has 0 aliphatic rings. The maximum atomic E-state index is 13.1. The molecule has 0 aliphatic heterocycles. The number of nitrogens with one attached hydrogen (secondary N) is 1. The van der Waals surface area contributed by atoms with Gasteiger partial charge in [0.1, 0.15) is 11.2 Å². The van der Waals surface area contributed by atoms with Crippen LogP contribution in [-0.4, -0.2) is 21.6 Å². The van der Waals surface area contributed by atoms with Crippen molar-refractivity contribution in [1.29, 1.82) is 0 Å². The second kappa shape index (κ2) is 7.29. The molecule has 0 aliphatic carbocycles. The normalized spacial score (nSPS) is 11.0. The van der Waals surface area contributed by atoms with Crippen molar-refractivity contribution in [2.45, 2.75) is 33.7 Å². The molecule has 3 aromatic rings. The average molecular weight is 371 g/mol. The number of aromatic nitrogens is 2. The number of benzene rings is 1. The SMILES string of the molecule is CCCNC(=O)Cn1c(=O)n(-c2ccc(C)cc2C)c(=O)c2sccc21. The summed E-state index contributed by atoms with van der Waals surface area (Å²) in [6.07, 6.45) is 0.816. The molecule has 0 unspecified atom stereocenters. The van der Waals surface area contributed by atoms with Crippen molar-refractivity contribution >= 4 is 27.5 Å². The second-order valence-corrected chi connectivity index (χ2v) is 7.20. The summed E-state index contributed by atoms with van der Waals surface area (Å²) in [6.45, 7) is 6.22. The van der Waals surface area contributed by atoms with E-state index in [9.17, 15) is 14.4 Å². The predicted molar refractivity (Wildman–Crippen MR) is 104 cm³/mol. The Balaban J connectivity index is 2.23. The van der Waals surface area contributed by atoms with Crippen LogP contribution in [0, 0.1) is 13.8 Å². The van der Waals surface area contributed by atoms with E-state index in [-0.39, 0.29) is 18.0 Å². The van der Waals surface area contributed by atoms with Gasteiger partial charge >= 0.3 is 5.69 Å². The van der Waals surface area contributed by atoms with E-state index in [1.165, 1.54) is 20.5 Å². The maximum Gasteiger partial charge on any atom is 0.336 e. The van der Waals surface area contributed by atoms with Gasteiger partial charge in [-0.25, -0.2) is 9.36 Å². The Kier molecular flexibility index (Phi) is 5.08. The summed E-state index contributed by atoms with van der Waals surface area (Å²) in [6, 6.07) is 7.28. The number of amides is 1. The highest BCUT2D eigenvalue weighted by Gasteiger charge is 2.18. The maximum absolute atomic E-state index is 13.1. The van der Waals surface area contributed by atoms with Gasteiger partial charge in [0.05, 0.1) is 11.2 Å². The fourth-order valence-electron chi connectivity index (χ4n) is 2.97. The lowest BCUT2D eigenvalue weighted by atomic mass is 10.1. The lowest BCUT2D eigenvalue weighted by Gasteiger charge is -2.14. The molecule has 136 valence electrons. The summed E-state index contributed by atoms with van der Waals surface area (Å²) in [4.78, 5) is 38.2. The van der Waals surface area contributed by atoms with Crippen LogP contribution in [0.25, 0.3) is 15.9 Å². The van der Waals surface area contributed by atoms with Crippen molar-refractivity contribution < 1.29 is 4.79 Å². The van der Waals surface area contributed by atoms with Gasteiger partial charge in [-0.2, -0.15) is 0 Å². The number of nitrogens with zero attached hydrogens (tertiary/aromatic N) is 2. The van der Waals surface area contributed by atoms with E-state index in [4.69, 9.17) is 0 Å². The summed E-state index contributed by atoms with van der Waals surface area (Å²) in [5.41, 5.74) is 2.08. The van der Waals surface area contributed by atoms with Crippen LogP contribution < -0.4 is 16.6 Å². The first kappa shape index (κ1) is 18.1. The summed E-state index contributed by atoms with van der Waals surface area (Å²) in [5.74, 6) is -0.243. The first-order valence-electron chi connectivity index (χ1n) is 8.51. The third-order valence-corrected chi connectivity index (χ3v) is 5.11. The third-order valence-electron chi connectivity index (χ3n) is 4.22. The first-order valence-corrected chi connectivity index (χ1v) is 9.39. The van der Waals surface area contributed by atoms with Crippen LogP contribution in [-0.2, 0) is 11.3 Å². The lowest BCUT2D eigenvalue weighted by Crippen LogP contribution is -2.41. The smallest absolute Gasteiger partial charge is 0.336 e. The molecule has 7 heteroatoms. The Labute approximate surface area is 154 Å². The van der Waals surface area contributed by atoms with Gasteiger partial charge in [-0.1, -0.05) is 24.6 Å². The summed E-state index contributed by atoms with van der Waals surface area (Å²) in [5, 5.41) is 4.54. The Morgan fingerprint density at radius 3 is 2.65 bits per heavy atom. The molecule has 0 saturated carbocycles. The highest BCUT2D eigenvalue weighted by molar-refractivity contribution is 7.17. The van der Waals surface area contributed by atoms with Crippen LogP contribution in [0.1, 0.15) is 24.5 Å². The zero-order valence-electron chi connectivity index (χ0n) is 15.0. The van der Waals surface area contributed by atoms with E-state index in [2.05, 4.69) is 5.32 Å². The Hall–Kier alpha value is -2.67. The molecule has 0 spiro atoms. The monoisotopic (exact) mass is 371 g/mol. The molecule has 0 radical (unpaired) electrons. The molecule has 2 aromatic heterocycles. The topological polar surface area (TPSA) is 73.1 Å². The van der Waals surface area contributed by atoms with Crippen molar-refractivity contribution in [2.75, 3.05) is 6.54 Å². The van der Waals surface area contributed by atoms with Crippen LogP contribution in [0.15, 0.2) is 39.2 Å². The Morgan fingerprint density at radius 2 is 1.96 bits per heavy atom. The van der Waals surface area contributed by atoms with Gasteiger partial charge in [-0.3, -0.25) is 14.2 Å². The van der Waals surface area contributed by atoms with E-state index in [0.29, 0.717) is 22.4 Å². The van der Waals surface area contributed by atoms with Crippen molar-refractivity contribution in [3.63, 3.8) is 0 Å². The van der Waals surface area contributed by atoms with Crippen LogP contribution in [0.3, 0.4) is 0 Å². The van der Waals surface area contributed by atoms with Crippen molar-refractivity contribution in [3.05, 3.63) is 61.6 Å². The molecule has 1 aromatic carbocycles. The number of hydrogen-bond donors (Lipinski definition) is 1. The molecule has 0 saturated heterocycles. The van der Waals surface area contributed by atoms with E-state index >= 15 is 0 Å². The van der Waals surface area contributed by atoms with Crippen molar-refractivity contribution in [2.24, 2.45) is 0 Å². The number of aryl methyl sites for hydroxylation is 2. The van der Waals surface area contributed by atoms with Crippen LogP contribution in [0.4, 0.5) is 0 Å². The van der Waals surface area contributed by atoms with Gasteiger partial charge in [-0.15, -0.1) is 11.3 Å². The number of rotatable bonds is 5. The van der Waals surface area contributed by atoms with Gasteiger partial charge in [0.25, 0.3) is 5.56 Å². The summed E-state index contributed by atoms with van der Waals surface area (Å²) < 4.78 is 3.01. The largest absolute Gasteiger partial charge is 0.355 e. The number of carbonyl (C=O) groups excluding carboxylic acids is 1. The average Bonchev–Trinajstić information content (AvgIpc) is 3.08. The first-order chi connectivity index (χ1) is 12.4. The highest BCUT2D eigenvalue weighted by Crippen LogP contribution is 2.18. The molecule has 0 bridgehead atoms. The van der Waals surface area contributed by atoms with Gasteiger partial charge in [-0.05, 0) is 43.3 Å². The number of thiophene rings is 1. The number of hydrogen-bond acceptors (Lipinski definition) is 4. The van der Waals surface area contributed by atoms with Gasteiger partial charge in [0.15, 0.2) is 0 Å². The Morgan fingerprint density at radius 1 is 1.19 bits per heavy atom. The fourth-order valence-corrected chi connectivity index (χ4v) is 3.80. The number of fused-ring (bicyclic) bond motifs is 1. The summed E-state index contributed by atoms with van der Waals surface area (Å²) in [7, 11) is 0. The minimum Gasteiger partial charge on any atom is -0.355 e. The zero-order chi connectivity index (χ0) is 18.8. The van der Waals surface area contributed by atoms with Crippen LogP contribution >= 0.6 is 11.3 Å². The molecule has 26 heavy (non-hydrogen) atoms. The predicted octanol–water partition coefficient (Wildman–Crippen LogP) is 2.36. The molecule has 0 fully saturated rings. The third kappa shape index (κ3) is 3.22. The minimum absolute atomic E-state index is 0.114. The standard InChI is InChI=1S/C19H21N3O3S/c1-4-8-20-16(23)11-21-15-7-9-26-17(15)18(24)22(19(21)25)14-6-5-12(2)10-13(14)3/h5-7,9-10H,4,8,11H2,1-3H3,(H,20,23). The quantitative estimate of drug-likeness (QED) is 0.748. The fraction of sp³-hybridized carbons (Fsp3) is 0.316. The molecule has 1 N–H and O–H groups in total. The molecule has 6 nitrogen and oxygen atoms in total. The summed E-state index contributed by atoms with van der Waals surface area (Å²) >= 11 is 1.27. The van der Waals surface area contributed by atoms with Gasteiger partial charge in [0, 0.05) is 6.54 Å². The molecule has 2 heterocycles. The van der Waals surface area contributed by atoms with Gasteiger partial charge in [0.2, 0.25) is 5.91 Å². The van der Waals surface area contributed by atoms with Crippen molar-refractivity contribution in [1.82, 2.24) is 14.5 Å². The van der Waals surface area contributed by atoms with E-state index in [1.807, 2.05) is 32.9 Å². The van der Waals surface area contributed by atoms with Crippen LogP contribution in [0.2, 0.25) is 0 Å². The second-order valence-electron chi connectivity index (χ2n) is 6.28. The lowest BCUT2D eigenvalue weighted by molar-refractivity contribution is -0.121. The zero-order valence-corrected chi connectivity index (χ0v) is 15.9. The molecule has 0 atom stereocenters. The Bertz CT molecular complexity index is 1090. The molecular formula is C19H21N3O3S. The number of carbonyl (C=O) groups is 1. The molecule has 1 amide bonds. The van der Waals surface area contributed by atoms with E-state index in [0.717, 1.165) is 17.5 Å². The highest BCUT2D eigenvalue weighted by atomic mass is 32.1. The van der Waals surface area contributed by atoms with Gasteiger partial charge < -0.3 is 5.32 Å². The van der Waals surface area contributed by atoms with E-state index < -0.39 is 5.69 Å². The van der Waals surface area contributed by atoms with E-state index in [1.54, 1.807) is 17.5 Å². The minimum atomic E-state index is -0.500. The van der Waals surface area contributed by atoms with Crippen LogP contribution in [0.5, 0.6) is 0 Å².